The third kappa shape index (κ3) is 2.04. The van der Waals surface area contributed by atoms with Crippen LogP contribution < -0.4 is 5.30 Å². The molecule has 0 heterocycles. The molecule has 0 aliphatic rings. The van der Waals surface area contributed by atoms with Gasteiger partial charge in [0.25, 0.3) is 0 Å². The van der Waals surface area contributed by atoms with Crippen LogP contribution in [-0.2, 0) is 0 Å². The second kappa shape index (κ2) is 5.29. The van der Waals surface area contributed by atoms with Gasteiger partial charge in [-0.3, -0.25) is 0 Å². The van der Waals surface area contributed by atoms with E-state index in [2.05, 4.69) is 51.1 Å². The molecule has 0 saturated heterocycles. The van der Waals surface area contributed by atoms with Crippen molar-refractivity contribution in [1.29, 1.82) is 0 Å². The summed E-state index contributed by atoms with van der Waals surface area (Å²) >= 11 is 0. The molecule has 1 rings (SSSR count). The number of benzene rings is 1. The molecule has 0 bridgehead atoms. The van der Waals surface area contributed by atoms with Crippen LogP contribution in [0.2, 0.25) is 0 Å². The summed E-state index contributed by atoms with van der Waals surface area (Å²) in [5, 5.41) is 11.0. The van der Waals surface area contributed by atoms with Crippen LogP contribution in [0.1, 0.15) is 20.8 Å². The monoisotopic (exact) mass is 240 g/mol. The van der Waals surface area contributed by atoms with Crippen molar-refractivity contribution < 1.29 is 5.11 Å². The van der Waals surface area contributed by atoms with Crippen LogP contribution in [-0.4, -0.2) is 36.4 Å². The SMILES string of the molecule is CCP(CC)(CC)(CCO)c1ccccc1. The van der Waals surface area contributed by atoms with Gasteiger partial charge in [-0.25, -0.2) is 0 Å². The second-order valence-corrected chi connectivity index (χ2v) is 11.5. The van der Waals surface area contributed by atoms with Crippen LogP contribution in [0.4, 0.5) is 0 Å². The van der Waals surface area contributed by atoms with E-state index >= 15 is 0 Å². The Balaban J connectivity index is 3.33. The number of aliphatic hydroxyl groups excluding tert-OH is 1. The molecule has 16 heavy (non-hydrogen) atoms. The molecule has 1 aromatic carbocycles. The predicted molar refractivity (Wildman–Crippen MR) is 76.6 cm³/mol. The molecule has 0 saturated carbocycles. The average Bonchev–Trinajstić information content (AvgIpc) is 2.38. The molecular formula is C14H25OP. The fourth-order valence-corrected chi connectivity index (χ4v) is 8.12. The van der Waals surface area contributed by atoms with E-state index < -0.39 is 6.60 Å². The standard InChI is InChI=1S/C14H25OP/c1-4-16(5-2,6-3,13-12-15)14-10-8-7-9-11-14/h7-11,15H,4-6,12-13H2,1-3H3. The van der Waals surface area contributed by atoms with Gasteiger partial charge in [-0.05, 0) is 0 Å². The zero-order valence-electron chi connectivity index (χ0n) is 10.8. The van der Waals surface area contributed by atoms with E-state index in [4.69, 9.17) is 0 Å². The van der Waals surface area contributed by atoms with E-state index in [1.807, 2.05) is 0 Å². The molecule has 0 aliphatic carbocycles. The van der Waals surface area contributed by atoms with Crippen molar-refractivity contribution in [2.45, 2.75) is 20.8 Å². The molecule has 0 radical (unpaired) electrons. The van der Waals surface area contributed by atoms with E-state index in [-0.39, 0.29) is 0 Å². The minimum absolute atomic E-state index is 0.322. The molecule has 0 spiro atoms. The zero-order chi connectivity index (χ0) is 12.1. The predicted octanol–water partition coefficient (Wildman–Crippen LogP) is 2.92. The van der Waals surface area contributed by atoms with Crippen LogP contribution in [0.15, 0.2) is 30.3 Å². The number of rotatable bonds is 6. The van der Waals surface area contributed by atoms with Gasteiger partial charge in [0.05, 0.1) is 0 Å². The zero-order valence-corrected chi connectivity index (χ0v) is 11.7. The number of hydrogen-bond donors (Lipinski definition) is 1. The minimum atomic E-state index is -1.87. The maximum atomic E-state index is 9.45. The molecule has 0 fully saturated rings. The Morgan fingerprint density at radius 3 is 1.81 bits per heavy atom. The number of aliphatic hydroxyl groups is 1. The Hall–Kier alpha value is -0.390. The van der Waals surface area contributed by atoms with E-state index in [1.54, 1.807) is 0 Å². The van der Waals surface area contributed by atoms with Gasteiger partial charge in [0.2, 0.25) is 0 Å². The van der Waals surface area contributed by atoms with Gasteiger partial charge >= 0.3 is 99.4 Å². The normalized spacial score (nSPS) is 14.4. The van der Waals surface area contributed by atoms with Crippen LogP contribution in [0.3, 0.4) is 0 Å². The summed E-state index contributed by atoms with van der Waals surface area (Å²) in [6.45, 7) is 5.35. The van der Waals surface area contributed by atoms with Gasteiger partial charge in [-0.1, -0.05) is 0 Å². The Morgan fingerprint density at radius 2 is 1.44 bits per heavy atom. The van der Waals surface area contributed by atoms with E-state index in [0.717, 1.165) is 6.16 Å². The van der Waals surface area contributed by atoms with Gasteiger partial charge in [-0.15, -0.1) is 0 Å². The van der Waals surface area contributed by atoms with Crippen molar-refractivity contribution >= 4 is 11.9 Å². The summed E-state index contributed by atoms with van der Waals surface area (Å²) < 4.78 is 0. The van der Waals surface area contributed by atoms with Crippen LogP contribution in [0.25, 0.3) is 0 Å². The molecule has 0 aliphatic heterocycles. The maximum absolute atomic E-state index is 9.45. The summed E-state index contributed by atoms with van der Waals surface area (Å²) in [5.74, 6) is 0. The van der Waals surface area contributed by atoms with Crippen molar-refractivity contribution in [3.63, 3.8) is 0 Å². The molecule has 2 heteroatoms. The summed E-state index contributed by atoms with van der Waals surface area (Å²) in [4.78, 5) is 0. The fourth-order valence-electron chi connectivity index (χ4n) is 2.93. The van der Waals surface area contributed by atoms with Crippen LogP contribution >= 0.6 is 6.60 Å². The van der Waals surface area contributed by atoms with Crippen LogP contribution in [0, 0.1) is 0 Å². The van der Waals surface area contributed by atoms with E-state index in [1.165, 1.54) is 23.8 Å². The second-order valence-electron chi connectivity index (χ2n) is 4.71. The van der Waals surface area contributed by atoms with Gasteiger partial charge < -0.3 is 0 Å². The topological polar surface area (TPSA) is 20.2 Å². The summed E-state index contributed by atoms with van der Waals surface area (Å²) in [6.07, 6.45) is 4.62. The summed E-state index contributed by atoms with van der Waals surface area (Å²) in [7, 11) is 0. The van der Waals surface area contributed by atoms with Crippen molar-refractivity contribution in [1.82, 2.24) is 0 Å². The van der Waals surface area contributed by atoms with Crippen molar-refractivity contribution in [2.75, 3.05) is 31.3 Å². The van der Waals surface area contributed by atoms with Crippen LogP contribution in [0.5, 0.6) is 0 Å². The fraction of sp³-hybridized carbons (Fsp3) is 0.571. The molecule has 1 aromatic rings. The molecule has 1 N–H and O–H groups in total. The number of hydrogen-bond acceptors (Lipinski definition) is 1. The molecule has 0 amide bonds. The first-order valence-electron chi connectivity index (χ1n) is 6.34. The van der Waals surface area contributed by atoms with E-state index in [0.29, 0.717) is 6.61 Å². The van der Waals surface area contributed by atoms with Crippen molar-refractivity contribution in [3.05, 3.63) is 30.3 Å². The molecule has 0 unspecified atom stereocenters. The van der Waals surface area contributed by atoms with Crippen molar-refractivity contribution in [2.24, 2.45) is 0 Å². The van der Waals surface area contributed by atoms with Crippen molar-refractivity contribution in [3.8, 4) is 0 Å². The molecule has 0 aromatic heterocycles. The molecule has 0 atom stereocenters. The van der Waals surface area contributed by atoms with Gasteiger partial charge in [0, 0.05) is 0 Å². The summed E-state index contributed by atoms with van der Waals surface area (Å²) in [6, 6.07) is 10.9. The Kier molecular flexibility index (Phi) is 4.52. The van der Waals surface area contributed by atoms with Gasteiger partial charge in [0.15, 0.2) is 0 Å². The first-order chi connectivity index (χ1) is 7.67. The Labute approximate surface area is 99.8 Å². The first-order valence-corrected chi connectivity index (χ1v) is 9.31. The third-order valence-corrected chi connectivity index (χ3v) is 12.8. The summed E-state index contributed by atoms with van der Waals surface area (Å²) in [5.41, 5.74) is 0. The molecule has 1 nitrogen and oxygen atoms in total. The first kappa shape index (κ1) is 13.7. The Bertz CT molecular complexity index is 306. The van der Waals surface area contributed by atoms with Gasteiger partial charge in [0.1, 0.15) is 0 Å². The van der Waals surface area contributed by atoms with E-state index in [9.17, 15) is 5.11 Å². The average molecular weight is 240 g/mol. The van der Waals surface area contributed by atoms with Gasteiger partial charge in [-0.2, -0.15) is 0 Å². The Morgan fingerprint density at radius 1 is 0.938 bits per heavy atom. The molecule has 92 valence electrons. The quantitative estimate of drug-likeness (QED) is 0.758. The third-order valence-electron chi connectivity index (χ3n) is 4.66. The molecular weight excluding hydrogens is 215 g/mol.